The van der Waals surface area contributed by atoms with Gasteiger partial charge in [0.05, 0.1) is 27.4 Å². The average molecular weight is 483 g/mol. The summed E-state index contributed by atoms with van der Waals surface area (Å²) in [5.74, 6) is 1.22. The number of hydrogen-bond acceptors (Lipinski definition) is 7. The molecule has 0 spiro atoms. The Balaban J connectivity index is 1.45. The number of carbonyl (C=O) groups is 1. The number of carbonyl (C=O) groups excluding carboxylic acids is 1. The number of benzene rings is 2. The minimum absolute atomic E-state index is 0.0258. The van der Waals surface area contributed by atoms with Gasteiger partial charge in [0.25, 0.3) is 0 Å². The fraction of sp³-hybridized carbons (Fsp3) is 0.519. The van der Waals surface area contributed by atoms with Gasteiger partial charge in [-0.15, -0.1) is 0 Å². The molecule has 8 nitrogen and oxygen atoms in total. The Kier molecular flexibility index (Phi) is 9.36. The van der Waals surface area contributed by atoms with Gasteiger partial charge in [0.2, 0.25) is 5.91 Å². The number of methoxy groups -OCH3 is 2. The lowest BCUT2D eigenvalue weighted by molar-refractivity contribution is -0.127. The van der Waals surface area contributed by atoms with Gasteiger partial charge in [-0.25, -0.2) is 0 Å². The highest BCUT2D eigenvalue weighted by atomic mass is 16.5. The quantitative estimate of drug-likeness (QED) is 0.556. The monoisotopic (exact) mass is 482 g/mol. The van der Waals surface area contributed by atoms with Gasteiger partial charge < -0.3 is 19.5 Å². The van der Waals surface area contributed by atoms with Crippen LogP contribution in [-0.2, 0) is 16.1 Å². The number of hydrogen-bond donors (Lipinski definition) is 1. The molecule has 1 atom stereocenters. The van der Waals surface area contributed by atoms with Crippen molar-refractivity contribution in [3.8, 4) is 11.5 Å². The second-order valence-corrected chi connectivity index (χ2v) is 9.02. The molecule has 0 aromatic heterocycles. The van der Waals surface area contributed by atoms with Gasteiger partial charge in [-0.1, -0.05) is 42.5 Å². The largest absolute Gasteiger partial charge is 0.493 e. The van der Waals surface area contributed by atoms with Gasteiger partial charge in [0, 0.05) is 64.5 Å². The zero-order valence-corrected chi connectivity index (χ0v) is 20.9. The zero-order valence-electron chi connectivity index (χ0n) is 20.9. The summed E-state index contributed by atoms with van der Waals surface area (Å²) < 4.78 is 16.7. The Bertz CT molecular complexity index is 928. The highest BCUT2D eigenvalue weighted by molar-refractivity contribution is 5.84. The fourth-order valence-corrected chi connectivity index (χ4v) is 4.87. The topological polar surface area (TPSA) is 66.5 Å². The van der Waals surface area contributed by atoms with Gasteiger partial charge in [0.1, 0.15) is 6.04 Å². The summed E-state index contributed by atoms with van der Waals surface area (Å²) in [6.07, 6.45) is 0. The number of piperazine rings is 1. The number of morpholine rings is 1. The lowest BCUT2D eigenvalue weighted by Gasteiger charge is -2.40. The summed E-state index contributed by atoms with van der Waals surface area (Å²) in [7, 11) is 3.25. The van der Waals surface area contributed by atoms with Gasteiger partial charge in [-0.3, -0.25) is 19.5 Å². The molecule has 0 radical (unpaired) electrons. The van der Waals surface area contributed by atoms with Crippen LogP contribution < -0.4 is 14.8 Å². The van der Waals surface area contributed by atoms with Crippen molar-refractivity contribution in [2.75, 3.05) is 79.8 Å². The van der Waals surface area contributed by atoms with E-state index in [9.17, 15) is 4.79 Å². The van der Waals surface area contributed by atoms with E-state index in [1.807, 2.05) is 48.5 Å². The van der Waals surface area contributed by atoms with E-state index < -0.39 is 6.04 Å². The van der Waals surface area contributed by atoms with E-state index in [0.29, 0.717) is 18.0 Å². The Morgan fingerprint density at radius 3 is 2.23 bits per heavy atom. The molecule has 190 valence electrons. The van der Waals surface area contributed by atoms with Crippen molar-refractivity contribution in [1.82, 2.24) is 20.0 Å². The molecule has 1 amide bonds. The first-order chi connectivity index (χ1) is 17.2. The molecule has 4 rings (SSSR count). The van der Waals surface area contributed by atoms with Crippen LogP contribution in [0.15, 0.2) is 48.5 Å². The van der Waals surface area contributed by atoms with Gasteiger partial charge in [-0.2, -0.15) is 0 Å². The molecule has 1 unspecified atom stereocenters. The lowest BCUT2D eigenvalue weighted by Crippen LogP contribution is -2.52. The molecule has 2 aromatic rings. The minimum atomic E-state index is -0.454. The molecule has 35 heavy (non-hydrogen) atoms. The normalized spacial score (nSPS) is 18.7. The maximum atomic E-state index is 13.6. The van der Waals surface area contributed by atoms with Crippen molar-refractivity contribution in [2.45, 2.75) is 12.6 Å². The number of nitrogens with one attached hydrogen (secondary N) is 1. The molecular weight excluding hydrogens is 444 g/mol. The molecule has 0 aliphatic carbocycles. The Morgan fingerprint density at radius 1 is 0.886 bits per heavy atom. The number of nitrogens with zero attached hydrogens (tertiary/aromatic N) is 3. The Hall–Kier alpha value is -2.65. The number of amides is 1. The third kappa shape index (κ3) is 6.73. The minimum Gasteiger partial charge on any atom is -0.493 e. The first-order valence-corrected chi connectivity index (χ1v) is 12.5. The van der Waals surface area contributed by atoms with Gasteiger partial charge >= 0.3 is 0 Å². The number of para-hydroxylation sites is 1. The smallest absolute Gasteiger partial charge is 0.242 e. The Labute approximate surface area is 208 Å². The van der Waals surface area contributed by atoms with Crippen LogP contribution in [0.25, 0.3) is 0 Å². The van der Waals surface area contributed by atoms with E-state index in [1.165, 1.54) is 0 Å². The third-order valence-corrected chi connectivity index (χ3v) is 6.89. The van der Waals surface area contributed by atoms with Crippen molar-refractivity contribution in [3.63, 3.8) is 0 Å². The van der Waals surface area contributed by atoms with Crippen molar-refractivity contribution in [2.24, 2.45) is 0 Å². The van der Waals surface area contributed by atoms with E-state index in [2.05, 4.69) is 20.0 Å². The lowest BCUT2D eigenvalue weighted by atomic mass is 10.0. The third-order valence-electron chi connectivity index (χ3n) is 6.89. The van der Waals surface area contributed by atoms with Crippen LogP contribution in [0.1, 0.15) is 17.2 Å². The van der Waals surface area contributed by atoms with Crippen LogP contribution in [0.5, 0.6) is 11.5 Å². The molecule has 1 N–H and O–H groups in total. The molecule has 2 fully saturated rings. The van der Waals surface area contributed by atoms with Crippen LogP contribution in [0, 0.1) is 0 Å². The maximum Gasteiger partial charge on any atom is 0.242 e. The molecule has 2 aliphatic rings. The summed E-state index contributed by atoms with van der Waals surface area (Å²) in [4.78, 5) is 20.8. The molecule has 0 bridgehead atoms. The molecule has 0 saturated carbocycles. The zero-order chi connectivity index (χ0) is 24.5. The molecule has 2 aromatic carbocycles. The second kappa shape index (κ2) is 12.9. The SMILES string of the molecule is COc1cccc(C(C(=O)NCc2ccccc2)N2CCN(CCN3CCOCC3)CC2)c1OC. The molecule has 2 aliphatic heterocycles. The summed E-state index contributed by atoms with van der Waals surface area (Å²) >= 11 is 0. The van der Waals surface area contributed by atoms with Crippen molar-refractivity contribution in [1.29, 1.82) is 0 Å². The number of ether oxygens (including phenoxy) is 3. The summed E-state index contributed by atoms with van der Waals surface area (Å²) in [6, 6.07) is 15.3. The van der Waals surface area contributed by atoms with Crippen LogP contribution >= 0.6 is 0 Å². The van der Waals surface area contributed by atoms with Gasteiger partial charge in [-0.05, 0) is 11.6 Å². The Morgan fingerprint density at radius 2 is 1.57 bits per heavy atom. The summed E-state index contributed by atoms with van der Waals surface area (Å²) in [5, 5.41) is 3.15. The van der Waals surface area contributed by atoms with E-state index in [-0.39, 0.29) is 5.91 Å². The highest BCUT2D eigenvalue weighted by Gasteiger charge is 2.33. The molecule has 8 heteroatoms. The fourth-order valence-electron chi connectivity index (χ4n) is 4.87. The van der Waals surface area contributed by atoms with Crippen molar-refractivity contribution >= 4 is 5.91 Å². The average Bonchev–Trinajstić information content (AvgIpc) is 2.92. The number of rotatable bonds is 10. The highest BCUT2D eigenvalue weighted by Crippen LogP contribution is 2.37. The van der Waals surface area contributed by atoms with Gasteiger partial charge in [0.15, 0.2) is 11.5 Å². The van der Waals surface area contributed by atoms with Crippen molar-refractivity contribution in [3.05, 3.63) is 59.7 Å². The predicted molar refractivity (Wildman–Crippen MR) is 136 cm³/mol. The summed E-state index contributed by atoms with van der Waals surface area (Å²) in [5.41, 5.74) is 1.91. The first-order valence-electron chi connectivity index (χ1n) is 12.5. The van der Waals surface area contributed by atoms with Crippen molar-refractivity contribution < 1.29 is 19.0 Å². The van der Waals surface area contributed by atoms with E-state index in [4.69, 9.17) is 14.2 Å². The van der Waals surface area contributed by atoms with Crippen LogP contribution in [-0.4, -0.2) is 100 Å². The molecular formula is C27H38N4O4. The first kappa shape index (κ1) is 25.4. The van der Waals surface area contributed by atoms with Crippen LogP contribution in [0.3, 0.4) is 0 Å². The standard InChI is InChI=1S/C27H38N4O4/c1-33-24-10-6-9-23(26(24)34-2)25(27(32)28-21-22-7-4-3-5-8-22)31-15-13-29(14-16-31)11-12-30-17-19-35-20-18-30/h3-10,25H,11-21H2,1-2H3,(H,28,32). The van der Waals surface area contributed by atoms with E-state index in [0.717, 1.165) is 76.7 Å². The van der Waals surface area contributed by atoms with E-state index in [1.54, 1.807) is 14.2 Å². The van der Waals surface area contributed by atoms with E-state index >= 15 is 0 Å². The molecule has 2 heterocycles. The summed E-state index contributed by atoms with van der Waals surface area (Å²) in [6.45, 7) is 9.76. The maximum absolute atomic E-state index is 13.6. The second-order valence-electron chi connectivity index (χ2n) is 9.02. The molecule has 2 saturated heterocycles. The van der Waals surface area contributed by atoms with Crippen LogP contribution in [0.4, 0.5) is 0 Å². The van der Waals surface area contributed by atoms with Crippen LogP contribution in [0.2, 0.25) is 0 Å². The predicted octanol–water partition coefficient (Wildman–Crippen LogP) is 2.01.